The highest BCUT2D eigenvalue weighted by molar-refractivity contribution is 5.91. The van der Waals surface area contributed by atoms with Gasteiger partial charge in [-0.3, -0.25) is 4.79 Å². The monoisotopic (exact) mass is 289 g/mol. The quantitative estimate of drug-likeness (QED) is 0.882. The van der Waals surface area contributed by atoms with Crippen LogP contribution in [0.3, 0.4) is 0 Å². The third-order valence-electron chi connectivity index (χ3n) is 3.08. The van der Waals surface area contributed by atoms with Crippen molar-refractivity contribution in [1.82, 2.24) is 10.2 Å². The molecule has 1 aromatic carbocycles. The summed E-state index contributed by atoms with van der Waals surface area (Å²) < 4.78 is 5.35. The van der Waals surface area contributed by atoms with E-state index in [9.17, 15) is 9.90 Å². The number of nitrogens with zero attached hydrogens (tertiary/aromatic N) is 2. The molecule has 0 bridgehead atoms. The van der Waals surface area contributed by atoms with Gasteiger partial charge in [0, 0.05) is 18.2 Å². The van der Waals surface area contributed by atoms with Gasteiger partial charge in [0.25, 0.3) is 0 Å². The summed E-state index contributed by atoms with van der Waals surface area (Å²) in [5, 5.41) is 20.2. The number of aromatic nitrogens is 2. The molecule has 2 N–H and O–H groups in total. The first-order valence-corrected chi connectivity index (χ1v) is 6.84. The Morgan fingerprint density at radius 3 is 2.76 bits per heavy atom. The highest BCUT2D eigenvalue weighted by Crippen LogP contribution is 2.21. The normalized spacial score (nSPS) is 12.4. The van der Waals surface area contributed by atoms with E-state index in [-0.39, 0.29) is 18.2 Å². The molecule has 21 heavy (non-hydrogen) atoms. The lowest BCUT2D eigenvalue weighted by Gasteiger charge is -2.14. The number of aryl methyl sites for hydroxylation is 1. The number of rotatable bonds is 5. The Hall–Kier alpha value is -2.21. The van der Waals surface area contributed by atoms with Gasteiger partial charge < -0.3 is 14.8 Å². The number of hydrogen-bond acceptors (Lipinski definition) is 5. The Bertz CT molecular complexity index is 622. The standard InChI is InChI=1S/C15H19N3O3/c1-9(2)13(19)8-14(20)16-12-6-4-5-11(7-12)15-18-17-10(3)21-15/h4-7,9,13,19H,8H2,1-3H3,(H,16,20). The van der Waals surface area contributed by atoms with Gasteiger partial charge in [-0.2, -0.15) is 0 Å². The first kappa shape index (κ1) is 15.2. The fourth-order valence-corrected chi connectivity index (χ4v) is 1.78. The molecule has 112 valence electrons. The molecule has 1 amide bonds. The number of nitrogens with one attached hydrogen (secondary N) is 1. The molecule has 1 heterocycles. The molecule has 0 aliphatic rings. The predicted molar refractivity (Wildman–Crippen MR) is 78.6 cm³/mol. The summed E-state index contributed by atoms with van der Waals surface area (Å²) in [6, 6.07) is 7.15. The van der Waals surface area contributed by atoms with E-state index in [1.165, 1.54) is 0 Å². The van der Waals surface area contributed by atoms with Gasteiger partial charge in [-0.1, -0.05) is 19.9 Å². The van der Waals surface area contributed by atoms with E-state index in [0.29, 0.717) is 17.5 Å². The van der Waals surface area contributed by atoms with E-state index in [2.05, 4.69) is 15.5 Å². The van der Waals surface area contributed by atoms with Gasteiger partial charge in [0.1, 0.15) is 0 Å². The van der Waals surface area contributed by atoms with Gasteiger partial charge in [-0.25, -0.2) is 0 Å². The van der Waals surface area contributed by atoms with Crippen LogP contribution in [0.4, 0.5) is 5.69 Å². The van der Waals surface area contributed by atoms with E-state index in [0.717, 1.165) is 5.56 Å². The van der Waals surface area contributed by atoms with Crippen LogP contribution in [-0.2, 0) is 4.79 Å². The van der Waals surface area contributed by atoms with Crippen molar-refractivity contribution >= 4 is 11.6 Å². The molecule has 0 saturated carbocycles. The molecule has 1 atom stereocenters. The van der Waals surface area contributed by atoms with Crippen LogP contribution >= 0.6 is 0 Å². The molecule has 2 aromatic rings. The van der Waals surface area contributed by atoms with Crippen LogP contribution in [0.25, 0.3) is 11.5 Å². The van der Waals surface area contributed by atoms with Crippen molar-refractivity contribution in [1.29, 1.82) is 0 Å². The van der Waals surface area contributed by atoms with Gasteiger partial charge >= 0.3 is 0 Å². The fraction of sp³-hybridized carbons (Fsp3) is 0.400. The Labute approximate surface area is 123 Å². The molecule has 1 aromatic heterocycles. The van der Waals surface area contributed by atoms with Gasteiger partial charge in [0.15, 0.2) is 0 Å². The van der Waals surface area contributed by atoms with Crippen molar-refractivity contribution in [3.63, 3.8) is 0 Å². The van der Waals surface area contributed by atoms with Crippen LogP contribution in [0.2, 0.25) is 0 Å². The Morgan fingerprint density at radius 1 is 1.38 bits per heavy atom. The largest absolute Gasteiger partial charge is 0.421 e. The zero-order valence-electron chi connectivity index (χ0n) is 12.3. The molecule has 0 radical (unpaired) electrons. The number of aliphatic hydroxyl groups is 1. The molecule has 0 fully saturated rings. The van der Waals surface area contributed by atoms with Crippen LogP contribution in [-0.4, -0.2) is 27.3 Å². The maximum absolute atomic E-state index is 11.9. The van der Waals surface area contributed by atoms with Crippen molar-refractivity contribution in [2.24, 2.45) is 5.92 Å². The molecule has 0 aliphatic carbocycles. The number of carbonyl (C=O) groups is 1. The highest BCUT2D eigenvalue weighted by atomic mass is 16.4. The van der Waals surface area contributed by atoms with Crippen LogP contribution < -0.4 is 5.32 Å². The van der Waals surface area contributed by atoms with Crippen molar-refractivity contribution in [3.05, 3.63) is 30.2 Å². The smallest absolute Gasteiger partial charge is 0.247 e. The Balaban J connectivity index is 2.06. The molecule has 0 saturated heterocycles. The summed E-state index contributed by atoms with van der Waals surface area (Å²) in [6.07, 6.45) is -0.576. The Morgan fingerprint density at radius 2 is 2.14 bits per heavy atom. The molecule has 2 rings (SSSR count). The number of anilines is 1. The van der Waals surface area contributed by atoms with E-state index in [1.807, 2.05) is 19.9 Å². The number of aliphatic hydroxyl groups excluding tert-OH is 1. The first-order chi connectivity index (χ1) is 9.95. The first-order valence-electron chi connectivity index (χ1n) is 6.84. The Kier molecular flexibility index (Phi) is 4.70. The number of benzene rings is 1. The molecule has 6 heteroatoms. The number of carbonyl (C=O) groups excluding carboxylic acids is 1. The van der Waals surface area contributed by atoms with Crippen LogP contribution in [0.5, 0.6) is 0 Å². The average molecular weight is 289 g/mol. The fourth-order valence-electron chi connectivity index (χ4n) is 1.78. The SMILES string of the molecule is Cc1nnc(-c2cccc(NC(=O)CC(O)C(C)C)c2)o1. The van der Waals surface area contributed by atoms with E-state index in [1.54, 1.807) is 25.1 Å². The maximum Gasteiger partial charge on any atom is 0.247 e. The van der Waals surface area contributed by atoms with E-state index in [4.69, 9.17) is 4.42 Å². The minimum Gasteiger partial charge on any atom is -0.421 e. The molecule has 0 aliphatic heterocycles. The average Bonchev–Trinajstić information content (AvgIpc) is 2.85. The molecular weight excluding hydrogens is 270 g/mol. The van der Waals surface area contributed by atoms with Crippen molar-refractivity contribution in [2.45, 2.75) is 33.3 Å². The van der Waals surface area contributed by atoms with Crippen molar-refractivity contribution in [2.75, 3.05) is 5.32 Å². The van der Waals surface area contributed by atoms with Crippen molar-refractivity contribution in [3.8, 4) is 11.5 Å². The highest BCUT2D eigenvalue weighted by Gasteiger charge is 2.15. The third kappa shape index (κ3) is 4.13. The minimum atomic E-state index is -0.647. The predicted octanol–water partition coefficient (Wildman–Crippen LogP) is 2.39. The van der Waals surface area contributed by atoms with Crippen LogP contribution in [0.1, 0.15) is 26.2 Å². The molecular formula is C15H19N3O3. The lowest BCUT2D eigenvalue weighted by Crippen LogP contribution is -2.23. The van der Waals surface area contributed by atoms with Gasteiger partial charge in [-0.05, 0) is 24.1 Å². The topological polar surface area (TPSA) is 88.2 Å². The zero-order valence-corrected chi connectivity index (χ0v) is 12.3. The van der Waals surface area contributed by atoms with Crippen molar-refractivity contribution < 1.29 is 14.3 Å². The summed E-state index contributed by atoms with van der Waals surface area (Å²) in [6.45, 7) is 5.46. The van der Waals surface area contributed by atoms with Gasteiger partial charge in [0.05, 0.1) is 12.5 Å². The summed E-state index contributed by atoms with van der Waals surface area (Å²) in [5.74, 6) is 0.712. The lowest BCUT2D eigenvalue weighted by molar-refractivity contribution is -0.118. The van der Waals surface area contributed by atoms with Gasteiger partial charge in [0.2, 0.25) is 17.7 Å². The molecule has 0 spiro atoms. The molecule has 6 nitrogen and oxygen atoms in total. The van der Waals surface area contributed by atoms with Crippen LogP contribution in [0, 0.1) is 12.8 Å². The minimum absolute atomic E-state index is 0.0449. The summed E-state index contributed by atoms with van der Waals surface area (Å²) in [7, 11) is 0. The second kappa shape index (κ2) is 6.49. The maximum atomic E-state index is 11.9. The summed E-state index contributed by atoms with van der Waals surface area (Å²) in [4.78, 5) is 11.9. The summed E-state index contributed by atoms with van der Waals surface area (Å²) >= 11 is 0. The second-order valence-electron chi connectivity index (χ2n) is 5.27. The zero-order chi connectivity index (χ0) is 15.4. The summed E-state index contributed by atoms with van der Waals surface area (Å²) in [5.41, 5.74) is 1.36. The second-order valence-corrected chi connectivity index (χ2v) is 5.27. The van der Waals surface area contributed by atoms with E-state index < -0.39 is 6.10 Å². The lowest BCUT2D eigenvalue weighted by atomic mass is 10.0. The number of hydrogen-bond donors (Lipinski definition) is 2. The van der Waals surface area contributed by atoms with Crippen LogP contribution in [0.15, 0.2) is 28.7 Å². The third-order valence-corrected chi connectivity index (χ3v) is 3.08. The molecule has 1 unspecified atom stereocenters. The number of amides is 1. The van der Waals surface area contributed by atoms with Gasteiger partial charge in [-0.15, -0.1) is 10.2 Å². The van der Waals surface area contributed by atoms with E-state index >= 15 is 0 Å².